The van der Waals surface area contributed by atoms with Crippen LogP contribution < -0.4 is 11.2 Å². The van der Waals surface area contributed by atoms with Crippen LogP contribution in [-0.4, -0.2) is 28.6 Å². The Labute approximate surface area is 147 Å². The predicted molar refractivity (Wildman–Crippen MR) is 96.2 cm³/mol. The number of nitrogens with two attached hydrogens (primary N) is 1. The van der Waals surface area contributed by atoms with E-state index in [-0.39, 0.29) is 17.5 Å². The SMILES string of the molecule is N/C(=N/N=Cc1ccc(Cl)cc1O)NN=Cc1ccc(Cl)cc1O. The number of nitrogens with one attached hydrogen (secondary N) is 1. The van der Waals surface area contributed by atoms with Gasteiger partial charge in [0.2, 0.25) is 5.96 Å². The Hall–Kier alpha value is -2.77. The quantitative estimate of drug-likeness (QED) is 0.378. The van der Waals surface area contributed by atoms with Gasteiger partial charge in [-0.3, -0.25) is 0 Å². The first-order valence-corrected chi connectivity index (χ1v) is 7.34. The van der Waals surface area contributed by atoms with Crippen molar-refractivity contribution in [3.63, 3.8) is 0 Å². The van der Waals surface area contributed by atoms with Crippen LogP contribution in [0, 0.1) is 0 Å². The Kier molecular flexibility index (Phi) is 6.00. The largest absolute Gasteiger partial charge is 0.507 e. The second kappa shape index (κ2) is 8.19. The standard InChI is InChI=1S/C15H13Cl2N5O2/c16-11-3-1-9(13(23)5-11)7-19-21-15(18)22-20-8-10-2-4-12(17)6-14(10)24/h1-8,23-24H,(H3,18,21,22). The summed E-state index contributed by atoms with van der Waals surface area (Å²) in [5.74, 6) is -0.117. The average molecular weight is 366 g/mol. The third-order valence-corrected chi connectivity index (χ3v) is 3.20. The summed E-state index contributed by atoms with van der Waals surface area (Å²) in [6.45, 7) is 0. The summed E-state index contributed by atoms with van der Waals surface area (Å²) in [5.41, 5.74) is 8.90. The van der Waals surface area contributed by atoms with E-state index in [1.807, 2.05) is 0 Å². The zero-order valence-electron chi connectivity index (χ0n) is 12.2. The van der Waals surface area contributed by atoms with Crippen molar-refractivity contribution in [2.45, 2.75) is 0 Å². The van der Waals surface area contributed by atoms with E-state index in [1.165, 1.54) is 24.6 Å². The van der Waals surface area contributed by atoms with E-state index >= 15 is 0 Å². The fourth-order valence-corrected chi connectivity index (χ4v) is 1.93. The molecule has 0 amide bonds. The molecule has 0 aromatic heterocycles. The number of hydrogen-bond acceptors (Lipinski definition) is 5. The van der Waals surface area contributed by atoms with Crippen LogP contribution in [0.25, 0.3) is 0 Å². The smallest absolute Gasteiger partial charge is 0.234 e. The molecule has 0 saturated carbocycles. The monoisotopic (exact) mass is 365 g/mol. The summed E-state index contributed by atoms with van der Waals surface area (Å²) in [7, 11) is 0. The number of benzene rings is 2. The number of phenolic OH excluding ortho intramolecular Hbond substituents is 2. The van der Waals surface area contributed by atoms with E-state index in [9.17, 15) is 10.2 Å². The Morgan fingerprint density at radius 2 is 1.50 bits per heavy atom. The van der Waals surface area contributed by atoms with E-state index in [1.54, 1.807) is 24.3 Å². The molecule has 0 aliphatic carbocycles. The number of halogens is 2. The molecule has 0 unspecified atom stereocenters. The van der Waals surface area contributed by atoms with Gasteiger partial charge in [0, 0.05) is 21.2 Å². The highest BCUT2D eigenvalue weighted by Crippen LogP contribution is 2.20. The molecule has 2 aromatic carbocycles. The zero-order valence-corrected chi connectivity index (χ0v) is 13.7. The summed E-state index contributed by atoms with van der Waals surface area (Å²) < 4.78 is 0. The lowest BCUT2D eigenvalue weighted by atomic mass is 10.2. The third-order valence-electron chi connectivity index (χ3n) is 2.73. The second-order valence-electron chi connectivity index (χ2n) is 4.51. The van der Waals surface area contributed by atoms with Crippen LogP contribution in [0.15, 0.2) is 51.7 Å². The van der Waals surface area contributed by atoms with Crippen LogP contribution in [-0.2, 0) is 0 Å². The highest BCUT2D eigenvalue weighted by atomic mass is 35.5. The number of rotatable bonds is 4. The molecule has 2 rings (SSSR count). The van der Waals surface area contributed by atoms with Crippen LogP contribution >= 0.6 is 23.2 Å². The molecular formula is C15H13Cl2N5O2. The molecule has 0 aliphatic rings. The molecule has 7 nitrogen and oxygen atoms in total. The summed E-state index contributed by atoms with van der Waals surface area (Å²) in [6.07, 6.45) is 2.66. The molecule has 5 N–H and O–H groups in total. The molecule has 124 valence electrons. The van der Waals surface area contributed by atoms with Crippen LogP contribution in [0.3, 0.4) is 0 Å². The highest BCUT2D eigenvalue weighted by molar-refractivity contribution is 6.31. The molecule has 0 saturated heterocycles. The van der Waals surface area contributed by atoms with Gasteiger partial charge in [0.15, 0.2) is 0 Å². The third kappa shape index (κ3) is 5.15. The van der Waals surface area contributed by atoms with Gasteiger partial charge < -0.3 is 15.9 Å². The van der Waals surface area contributed by atoms with Gasteiger partial charge in [-0.25, -0.2) is 5.43 Å². The second-order valence-corrected chi connectivity index (χ2v) is 5.38. The molecular weight excluding hydrogens is 353 g/mol. The van der Waals surface area contributed by atoms with E-state index < -0.39 is 0 Å². The number of hydrazone groups is 1. The highest BCUT2D eigenvalue weighted by Gasteiger charge is 1.99. The van der Waals surface area contributed by atoms with Crippen molar-refractivity contribution in [3.8, 4) is 11.5 Å². The predicted octanol–water partition coefficient (Wildman–Crippen LogP) is 2.68. The molecule has 0 bridgehead atoms. The van der Waals surface area contributed by atoms with Gasteiger partial charge in [-0.2, -0.15) is 10.2 Å². The maximum absolute atomic E-state index is 9.65. The normalized spacial score (nSPS) is 12.2. The summed E-state index contributed by atoms with van der Waals surface area (Å²) in [5, 5.41) is 31.3. The Morgan fingerprint density at radius 3 is 2.04 bits per heavy atom. The maximum Gasteiger partial charge on any atom is 0.234 e. The topological polar surface area (TPSA) is 116 Å². The van der Waals surface area contributed by atoms with Crippen molar-refractivity contribution in [1.82, 2.24) is 5.43 Å². The maximum atomic E-state index is 9.65. The zero-order chi connectivity index (χ0) is 17.5. The van der Waals surface area contributed by atoms with Gasteiger partial charge in [0.1, 0.15) is 11.5 Å². The molecule has 2 aromatic rings. The molecule has 0 spiro atoms. The molecule has 24 heavy (non-hydrogen) atoms. The van der Waals surface area contributed by atoms with E-state index in [4.69, 9.17) is 28.9 Å². The van der Waals surface area contributed by atoms with Gasteiger partial charge >= 0.3 is 0 Å². The lowest BCUT2D eigenvalue weighted by Crippen LogP contribution is -2.26. The number of guanidine groups is 1. The van der Waals surface area contributed by atoms with Crippen molar-refractivity contribution < 1.29 is 10.2 Å². The lowest BCUT2D eigenvalue weighted by molar-refractivity contribution is 0.474. The summed E-state index contributed by atoms with van der Waals surface area (Å²) in [4.78, 5) is 0. The van der Waals surface area contributed by atoms with Crippen molar-refractivity contribution in [2.24, 2.45) is 21.0 Å². The molecule has 9 heteroatoms. The molecule has 0 fully saturated rings. The van der Waals surface area contributed by atoms with Crippen molar-refractivity contribution >= 4 is 41.6 Å². The minimum absolute atomic E-state index is 0.0141. The molecule has 0 aliphatic heterocycles. The minimum atomic E-state index is -0.0793. The Bertz CT molecular complexity index is 822. The average Bonchev–Trinajstić information content (AvgIpc) is 2.51. The van der Waals surface area contributed by atoms with Crippen molar-refractivity contribution in [2.75, 3.05) is 0 Å². The number of nitrogens with zero attached hydrogens (tertiary/aromatic N) is 3. The van der Waals surface area contributed by atoms with E-state index in [0.717, 1.165) is 0 Å². The first kappa shape index (κ1) is 17.6. The van der Waals surface area contributed by atoms with Crippen LogP contribution in [0.1, 0.15) is 11.1 Å². The van der Waals surface area contributed by atoms with Gasteiger partial charge in [0.25, 0.3) is 0 Å². The van der Waals surface area contributed by atoms with Crippen LogP contribution in [0.5, 0.6) is 11.5 Å². The van der Waals surface area contributed by atoms with Gasteiger partial charge in [-0.1, -0.05) is 23.2 Å². The van der Waals surface area contributed by atoms with Gasteiger partial charge in [-0.05, 0) is 36.4 Å². The van der Waals surface area contributed by atoms with Gasteiger partial charge in [0.05, 0.1) is 12.4 Å². The van der Waals surface area contributed by atoms with Crippen LogP contribution in [0.4, 0.5) is 0 Å². The fraction of sp³-hybridized carbons (Fsp3) is 0. The molecule has 0 atom stereocenters. The molecule has 0 radical (unpaired) electrons. The first-order chi connectivity index (χ1) is 11.5. The number of hydrogen-bond donors (Lipinski definition) is 4. The first-order valence-electron chi connectivity index (χ1n) is 6.58. The number of phenols is 2. The minimum Gasteiger partial charge on any atom is -0.507 e. The summed E-state index contributed by atoms with van der Waals surface area (Å²) in [6, 6.07) is 9.18. The Morgan fingerprint density at radius 1 is 0.958 bits per heavy atom. The summed E-state index contributed by atoms with van der Waals surface area (Å²) >= 11 is 11.5. The van der Waals surface area contributed by atoms with Crippen molar-refractivity contribution in [1.29, 1.82) is 0 Å². The lowest BCUT2D eigenvalue weighted by Gasteiger charge is -2.00. The van der Waals surface area contributed by atoms with Crippen molar-refractivity contribution in [3.05, 3.63) is 57.6 Å². The van der Waals surface area contributed by atoms with E-state index in [2.05, 4.69) is 20.7 Å². The van der Waals surface area contributed by atoms with Gasteiger partial charge in [-0.15, -0.1) is 5.10 Å². The van der Waals surface area contributed by atoms with E-state index in [0.29, 0.717) is 21.2 Å². The number of aromatic hydroxyl groups is 2. The molecule has 0 heterocycles. The Balaban J connectivity index is 1.96. The fourth-order valence-electron chi connectivity index (χ4n) is 1.60. The van der Waals surface area contributed by atoms with Crippen LogP contribution in [0.2, 0.25) is 10.0 Å².